The number of carbonyl (C=O) groups is 2. The summed E-state index contributed by atoms with van der Waals surface area (Å²) < 4.78 is 0. The molecule has 2 amide bonds. The molecule has 0 fully saturated rings. The fourth-order valence-corrected chi connectivity index (χ4v) is 4.02. The van der Waals surface area contributed by atoms with Crippen LogP contribution in [0.25, 0.3) is 0 Å². The highest BCUT2D eigenvalue weighted by atomic mass is 32.2. The lowest BCUT2D eigenvalue weighted by molar-refractivity contribution is -0.141. The van der Waals surface area contributed by atoms with E-state index >= 15 is 0 Å². The van der Waals surface area contributed by atoms with Crippen molar-refractivity contribution in [2.24, 2.45) is 0 Å². The molecule has 0 radical (unpaired) electrons. The molecule has 1 unspecified atom stereocenters. The van der Waals surface area contributed by atoms with Crippen molar-refractivity contribution in [3.05, 3.63) is 71.8 Å². The van der Waals surface area contributed by atoms with Crippen LogP contribution in [0.1, 0.15) is 44.2 Å². The average Bonchev–Trinajstić information content (AvgIpc) is 2.76. The van der Waals surface area contributed by atoms with E-state index in [2.05, 4.69) is 17.4 Å². The molecule has 0 spiro atoms. The number of nitrogens with zero attached hydrogens (tertiary/aromatic N) is 1. The van der Waals surface area contributed by atoms with Gasteiger partial charge in [-0.3, -0.25) is 9.59 Å². The Kier molecular flexibility index (Phi) is 10.4. The number of benzene rings is 2. The van der Waals surface area contributed by atoms with Gasteiger partial charge in [-0.2, -0.15) is 11.8 Å². The van der Waals surface area contributed by atoms with E-state index in [0.717, 1.165) is 23.5 Å². The van der Waals surface area contributed by atoms with Gasteiger partial charge in [-0.25, -0.2) is 0 Å². The molecule has 0 aliphatic heterocycles. The SMILES string of the molecule is CCCNC(=O)C(CC)N(Cc1ccccc1)C(=O)CCSCc1ccccc1. The van der Waals surface area contributed by atoms with Gasteiger partial charge in [-0.05, 0) is 24.0 Å². The van der Waals surface area contributed by atoms with Crippen LogP contribution in [-0.2, 0) is 21.9 Å². The molecule has 0 saturated heterocycles. The zero-order valence-electron chi connectivity index (χ0n) is 17.5. The van der Waals surface area contributed by atoms with E-state index in [9.17, 15) is 9.59 Å². The Bertz CT molecular complexity index is 737. The molecule has 0 aliphatic rings. The van der Waals surface area contributed by atoms with Crippen molar-refractivity contribution in [3.8, 4) is 0 Å². The predicted octanol–water partition coefficient (Wildman–Crippen LogP) is 4.64. The van der Waals surface area contributed by atoms with Crippen LogP contribution in [-0.4, -0.2) is 35.1 Å². The van der Waals surface area contributed by atoms with Crippen LogP contribution in [0.3, 0.4) is 0 Å². The molecular formula is C24H32N2O2S. The van der Waals surface area contributed by atoms with E-state index in [4.69, 9.17) is 0 Å². The zero-order chi connectivity index (χ0) is 20.9. The number of thioether (sulfide) groups is 1. The Balaban J connectivity index is 2.00. The van der Waals surface area contributed by atoms with Gasteiger partial charge in [0.25, 0.3) is 0 Å². The van der Waals surface area contributed by atoms with Crippen LogP contribution < -0.4 is 5.32 Å². The van der Waals surface area contributed by atoms with Crippen molar-refractivity contribution in [1.29, 1.82) is 0 Å². The van der Waals surface area contributed by atoms with Crippen molar-refractivity contribution < 1.29 is 9.59 Å². The monoisotopic (exact) mass is 412 g/mol. The second-order valence-electron chi connectivity index (χ2n) is 7.01. The van der Waals surface area contributed by atoms with E-state index in [-0.39, 0.29) is 11.8 Å². The third-order valence-corrected chi connectivity index (χ3v) is 5.73. The normalized spacial score (nSPS) is 11.7. The van der Waals surface area contributed by atoms with Crippen molar-refractivity contribution in [2.45, 2.75) is 51.4 Å². The van der Waals surface area contributed by atoms with Gasteiger partial charge in [0.15, 0.2) is 0 Å². The Morgan fingerprint density at radius 1 is 0.966 bits per heavy atom. The number of hydrogen-bond acceptors (Lipinski definition) is 3. The molecule has 1 N–H and O–H groups in total. The standard InChI is InChI=1S/C24H32N2O2S/c1-3-16-25-24(28)22(4-2)26(18-20-11-7-5-8-12-20)23(27)15-17-29-19-21-13-9-6-10-14-21/h5-14,22H,3-4,15-19H2,1-2H3,(H,25,28). The topological polar surface area (TPSA) is 49.4 Å². The first-order chi connectivity index (χ1) is 14.2. The molecule has 0 bridgehead atoms. The van der Waals surface area contributed by atoms with Crippen molar-refractivity contribution in [1.82, 2.24) is 10.2 Å². The average molecular weight is 413 g/mol. The van der Waals surface area contributed by atoms with Gasteiger partial charge >= 0.3 is 0 Å². The quantitative estimate of drug-likeness (QED) is 0.517. The van der Waals surface area contributed by atoms with Gasteiger partial charge in [0, 0.05) is 31.0 Å². The van der Waals surface area contributed by atoms with Crippen LogP contribution in [0.4, 0.5) is 0 Å². The maximum Gasteiger partial charge on any atom is 0.242 e. The number of amides is 2. The van der Waals surface area contributed by atoms with E-state index < -0.39 is 6.04 Å². The van der Waals surface area contributed by atoms with Crippen LogP contribution in [0.15, 0.2) is 60.7 Å². The molecule has 5 heteroatoms. The molecule has 156 valence electrons. The van der Waals surface area contributed by atoms with Gasteiger partial charge in [0.05, 0.1) is 0 Å². The predicted molar refractivity (Wildman–Crippen MR) is 122 cm³/mol. The summed E-state index contributed by atoms with van der Waals surface area (Å²) in [5.41, 5.74) is 2.30. The molecule has 0 heterocycles. The number of carbonyl (C=O) groups excluding carboxylic acids is 2. The van der Waals surface area contributed by atoms with E-state index in [1.807, 2.05) is 62.4 Å². The summed E-state index contributed by atoms with van der Waals surface area (Å²) >= 11 is 1.75. The lowest BCUT2D eigenvalue weighted by atomic mass is 10.1. The van der Waals surface area contributed by atoms with Gasteiger partial charge in [0.2, 0.25) is 11.8 Å². The van der Waals surface area contributed by atoms with Gasteiger partial charge < -0.3 is 10.2 Å². The summed E-state index contributed by atoms with van der Waals surface area (Å²) in [5.74, 6) is 1.61. The van der Waals surface area contributed by atoms with Crippen LogP contribution in [0, 0.1) is 0 Å². The zero-order valence-corrected chi connectivity index (χ0v) is 18.3. The maximum absolute atomic E-state index is 13.1. The van der Waals surface area contributed by atoms with Crippen LogP contribution >= 0.6 is 11.8 Å². The summed E-state index contributed by atoms with van der Waals surface area (Å²) in [6, 6.07) is 19.7. The molecule has 2 aromatic rings. The smallest absolute Gasteiger partial charge is 0.242 e. The summed E-state index contributed by atoms with van der Waals surface area (Å²) in [6.45, 7) is 5.08. The van der Waals surface area contributed by atoms with E-state index in [1.165, 1.54) is 5.56 Å². The largest absolute Gasteiger partial charge is 0.354 e. The Labute approximate surface area is 179 Å². The first-order valence-electron chi connectivity index (χ1n) is 10.4. The third-order valence-electron chi connectivity index (χ3n) is 4.70. The molecule has 0 saturated carbocycles. The summed E-state index contributed by atoms with van der Waals surface area (Å²) in [5, 5.41) is 2.96. The molecule has 0 aliphatic carbocycles. The molecule has 1 atom stereocenters. The van der Waals surface area contributed by atoms with Gasteiger partial charge in [-0.15, -0.1) is 0 Å². The maximum atomic E-state index is 13.1. The van der Waals surface area contributed by atoms with E-state index in [1.54, 1.807) is 16.7 Å². The number of nitrogens with one attached hydrogen (secondary N) is 1. The minimum Gasteiger partial charge on any atom is -0.354 e. The van der Waals surface area contributed by atoms with Gasteiger partial charge in [0.1, 0.15) is 6.04 Å². The third kappa shape index (κ3) is 7.94. The van der Waals surface area contributed by atoms with Crippen LogP contribution in [0.2, 0.25) is 0 Å². The molecule has 0 aromatic heterocycles. The second-order valence-corrected chi connectivity index (χ2v) is 8.12. The number of hydrogen-bond donors (Lipinski definition) is 1. The molecule has 29 heavy (non-hydrogen) atoms. The summed E-state index contributed by atoms with van der Waals surface area (Å²) in [7, 11) is 0. The highest BCUT2D eigenvalue weighted by Crippen LogP contribution is 2.17. The number of rotatable bonds is 12. The van der Waals surface area contributed by atoms with E-state index in [0.29, 0.717) is 25.9 Å². The fourth-order valence-electron chi connectivity index (χ4n) is 3.13. The molecule has 2 aromatic carbocycles. The highest BCUT2D eigenvalue weighted by molar-refractivity contribution is 7.98. The Morgan fingerprint density at radius 2 is 1.59 bits per heavy atom. The molecule has 2 rings (SSSR count). The van der Waals surface area contributed by atoms with Crippen molar-refractivity contribution in [2.75, 3.05) is 12.3 Å². The minimum absolute atomic E-state index is 0.0351. The highest BCUT2D eigenvalue weighted by Gasteiger charge is 2.28. The first-order valence-corrected chi connectivity index (χ1v) is 11.5. The first kappa shape index (κ1) is 23.0. The summed E-state index contributed by atoms with van der Waals surface area (Å²) in [6.07, 6.45) is 1.91. The minimum atomic E-state index is -0.437. The van der Waals surface area contributed by atoms with Crippen molar-refractivity contribution >= 4 is 23.6 Å². The van der Waals surface area contributed by atoms with Crippen LogP contribution in [0.5, 0.6) is 0 Å². The van der Waals surface area contributed by atoms with Gasteiger partial charge in [-0.1, -0.05) is 74.5 Å². The molecule has 4 nitrogen and oxygen atoms in total. The second kappa shape index (κ2) is 13.0. The lowest BCUT2D eigenvalue weighted by Gasteiger charge is -2.30. The van der Waals surface area contributed by atoms with Crippen molar-refractivity contribution in [3.63, 3.8) is 0 Å². The molecular weight excluding hydrogens is 380 g/mol. The summed E-state index contributed by atoms with van der Waals surface area (Å²) in [4.78, 5) is 27.5. The lowest BCUT2D eigenvalue weighted by Crippen LogP contribution is -2.49. The fraction of sp³-hybridized carbons (Fsp3) is 0.417. The Morgan fingerprint density at radius 3 is 2.17 bits per heavy atom. The Hall–Kier alpha value is -2.27.